The van der Waals surface area contributed by atoms with E-state index in [-0.39, 0.29) is 11.9 Å². The first-order chi connectivity index (χ1) is 13.7. The summed E-state index contributed by atoms with van der Waals surface area (Å²) in [5.74, 6) is 2.76. The Balaban J connectivity index is 1.59. The van der Waals surface area contributed by atoms with E-state index in [4.69, 9.17) is 5.26 Å². The molecule has 1 atom stereocenters. The first-order valence-electron chi connectivity index (χ1n) is 8.86. The summed E-state index contributed by atoms with van der Waals surface area (Å²) in [4.78, 5) is 12.5. The third-order valence-electron chi connectivity index (χ3n) is 4.18. The lowest BCUT2D eigenvalue weighted by atomic mass is 10.2. The highest BCUT2D eigenvalue weighted by Crippen LogP contribution is 2.19. The van der Waals surface area contributed by atoms with E-state index < -0.39 is 0 Å². The minimum Gasteiger partial charge on any atom is -0.345 e. The van der Waals surface area contributed by atoms with E-state index in [0.717, 1.165) is 35.0 Å². The van der Waals surface area contributed by atoms with Gasteiger partial charge in [0.1, 0.15) is 0 Å². The summed E-state index contributed by atoms with van der Waals surface area (Å²) in [7, 11) is 0. The lowest BCUT2D eigenvalue weighted by Crippen LogP contribution is -2.31. The smallest absolute Gasteiger partial charge is 0.230 e. The van der Waals surface area contributed by atoms with Crippen LogP contribution in [0.25, 0.3) is 5.65 Å². The van der Waals surface area contributed by atoms with Gasteiger partial charge in [-0.3, -0.25) is 9.20 Å². The molecule has 0 aliphatic carbocycles. The number of rotatable bonds is 9. The molecule has 0 saturated heterocycles. The van der Waals surface area contributed by atoms with Crippen LogP contribution in [0.5, 0.6) is 0 Å². The normalized spacial score (nSPS) is 11.9. The Bertz CT molecular complexity index is 965. The molecule has 3 aromatic rings. The highest BCUT2D eigenvalue weighted by atomic mass is 32.2. The zero-order chi connectivity index (χ0) is 19.8. The molecule has 0 radical (unpaired) electrons. The van der Waals surface area contributed by atoms with Gasteiger partial charge in [0.2, 0.25) is 5.91 Å². The third-order valence-corrected chi connectivity index (χ3v) is 5.83. The number of nitrogens with one attached hydrogen (secondary N) is 1. The molecule has 1 N–H and O–H groups in total. The maximum absolute atomic E-state index is 12.5. The van der Waals surface area contributed by atoms with Crippen molar-refractivity contribution < 1.29 is 4.79 Å². The molecule has 0 aliphatic heterocycles. The second-order valence-electron chi connectivity index (χ2n) is 6.19. The maximum atomic E-state index is 12.5. The summed E-state index contributed by atoms with van der Waals surface area (Å²) in [5.41, 5.74) is 2.51. The summed E-state index contributed by atoms with van der Waals surface area (Å²) in [6, 6.07) is 15.1. The third kappa shape index (κ3) is 5.27. The molecule has 0 fully saturated rings. The molecular weight excluding hydrogens is 390 g/mol. The van der Waals surface area contributed by atoms with Crippen LogP contribution in [0.15, 0.2) is 48.7 Å². The Kier molecular flexibility index (Phi) is 7.34. The predicted molar refractivity (Wildman–Crippen MR) is 114 cm³/mol. The number of amides is 1. The van der Waals surface area contributed by atoms with Crippen LogP contribution in [0.4, 0.5) is 0 Å². The molecule has 0 spiro atoms. The van der Waals surface area contributed by atoms with Crippen molar-refractivity contribution in [1.82, 2.24) is 19.9 Å². The second-order valence-corrected chi connectivity index (χ2v) is 8.16. The van der Waals surface area contributed by atoms with Crippen molar-refractivity contribution in [2.45, 2.75) is 18.2 Å². The number of nitrogens with zero attached hydrogens (tertiary/aromatic N) is 4. The predicted octanol–water partition coefficient (Wildman–Crippen LogP) is 3.44. The Hall–Kier alpha value is -2.50. The minimum absolute atomic E-state index is 0.0163. The van der Waals surface area contributed by atoms with Crippen LogP contribution in [-0.4, -0.2) is 38.3 Å². The van der Waals surface area contributed by atoms with Crippen molar-refractivity contribution >= 4 is 35.1 Å². The van der Waals surface area contributed by atoms with E-state index in [1.807, 2.05) is 47.2 Å². The van der Waals surface area contributed by atoms with Crippen molar-refractivity contribution in [1.29, 1.82) is 5.26 Å². The van der Waals surface area contributed by atoms with Crippen molar-refractivity contribution in [2.75, 3.05) is 17.8 Å². The van der Waals surface area contributed by atoms with Crippen molar-refractivity contribution in [2.24, 2.45) is 0 Å². The van der Waals surface area contributed by atoms with E-state index in [1.165, 1.54) is 0 Å². The summed E-state index contributed by atoms with van der Waals surface area (Å²) in [5, 5.41) is 20.5. The minimum atomic E-state index is -0.173. The van der Waals surface area contributed by atoms with E-state index in [2.05, 4.69) is 21.6 Å². The van der Waals surface area contributed by atoms with Gasteiger partial charge in [0.05, 0.1) is 23.4 Å². The van der Waals surface area contributed by atoms with Crippen LogP contribution in [0.1, 0.15) is 29.4 Å². The van der Waals surface area contributed by atoms with Crippen molar-refractivity contribution in [3.05, 3.63) is 65.6 Å². The standard InChI is InChI=1S/C20H21N5OS2/c1-27-11-9-17(20-24-23-18-4-2-3-10-25(18)20)22-19(26)14-28-13-16-7-5-15(12-21)6-8-16/h2-8,10,17H,9,11,13-14H2,1H3,(H,22,26). The largest absolute Gasteiger partial charge is 0.345 e. The number of nitriles is 1. The van der Waals surface area contributed by atoms with E-state index in [1.54, 1.807) is 35.7 Å². The molecule has 28 heavy (non-hydrogen) atoms. The number of fused-ring (bicyclic) bond motifs is 1. The second kappa shape index (κ2) is 10.2. The summed E-state index contributed by atoms with van der Waals surface area (Å²) < 4.78 is 1.93. The van der Waals surface area contributed by atoms with Crippen LogP contribution >= 0.6 is 23.5 Å². The zero-order valence-corrected chi connectivity index (χ0v) is 17.2. The summed E-state index contributed by atoms with van der Waals surface area (Å²) in [6.07, 6.45) is 4.76. The monoisotopic (exact) mass is 411 g/mol. The molecule has 1 unspecified atom stereocenters. The van der Waals surface area contributed by atoms with Gasteiger partial charge in [-0.05, 0) is 48.3 Å². The lowest BCUT2D eigenvalue weighted by Gasteiger charge is -2.17. The summed E-state index contributed by atoms with van der Waals surface area (Å²) in [6.45, 7) is 0. The molecule has 0 saturated carbocycles. The fraction of sp³-hybridized carbons (Fsp3) is 0.300. The van der Waals surface area contributed by atoms with E-state index in [9.17, 15) is 4.79 Å². The Labute approximate surface area is 172 Å². The van der Waals surface area contributed by atoms with Crippen LogP contribution in [-0.2, 0) is 10.5 Å². The fourth-order valence-electron chi connectivity index (χ4n) is 2.77. The van der Waals surface area contributed by atoms with Crippen LogP contribution in [0, 0.1) is 11.3 Å². The average Bonchev–Trinajstić information content (AvgIpc) is 3.16. The topological polar surface area (TPSA) is 83.1 Å². The highest BCUT2D eigenvalue weighted by Gasteiger charge is 2.20. The molecule has 144 valence electrons. The molecule has 1 aromatic carbocycles. The molecule has 2 aromatic heterocycles. The SMILES string of the molecule is CSCCC(NC(=O)CSCc1ccc(C#N)cc1)c1nnc2ccccn12. The average molecular weight is 412 g/mol. The number of aromatic nitrogens is 3. The molecule has 1 amide bonds. The Morgan fingerprint density at radius 3 is 2.82 bits per heavy atom. The number of benzene rings is 1. The van der Waals surface area contributed by atoms with Crippen LogP contribution in [0.2, 0.25) is 0 Å². The number of hydrogen-bond donors (Lipinski definition) is 1. The quantitative estimate of drug-likeness (QED) is 0.581. The Morgan fingerprint density at radius 1 is 1.25 bits per heavy atom. The van der Waals surface area contributed by atoms with Gasteiger partial charge in [-0.15, -0.1) is 22.0 Å². The van der Waals surface area contributed by atoms with Gasteiger partial charge in [-0.2, -0.15) is 17.0 Å². The van der Waals surface area contributed by atoms with Crippen LogP contribution < -0.4 is 5.32 Å². The van der Waals surface area contributed by atoms with Crippen LogP contribution in [0.3, 0.4) is 0 Å². The molecule has 0 aliphatic rings. The molecule has 8 heteroatoms. The number of thioether (sulfide) groups is 2. The Morgan fingerprint density at radius 2 is 2.07 bits per heavy atom. The van der Waals surface area contributed by atoms with Crippen molar-refractivity contribution in [3.8, 4) is 6.07 Å². The van der Waals surface area contributed by atoms with Crippen molar-refractivity contribution in [3.63, 3.8) is 0 Å². The molecular formula is C20H21N5OS2. The van der Waals surface area contributed by atoms with Gasteiger partial charge in [-0.1, -0.05) is 18.2 Å². The number of hydrogen-bond acceptors (Lipinski definition) is 6. The zero-order valence-electron chi connectivity index (χ0n) is 15.5. The summed E-state index contributed by atoms with van der Waals surface area (Å²) >= 11 is 3.29. The van der Waals surface area contributed by atoms with Gasteiger partial charge in [0.15, 0.2) is 11.5 Å². The first kappa shape index (κ1) is 20.2. The molecule has 2 heterocycles. The van der Waals surface area contributed by atoms with Gasteiger partial charge < -0.3 is 5.32 Å². The van der Waals surface area contributed by atoms with Gasteiger partial charge in [0.25, 0.3) is 0 Å². The molecule has 6 nitrogen and oxygen atoms in total. The first-order valence-corrected chi connectivity index (χ1v) is 11.4. The van der Waals surface area contributed by atoms with Gasteiger partial charge in [-0.25, -0.2) is 0 Å². The number of carbonyl (C=O) groups is 1. The van der Waals surface area contributed by atoms with E-state index >= 15 is 0 Å². The van der Waals surface area contributed by atoms with Gasteiger partial charge in [0, 0.05) is 11.9 Å². The highest BCUT2D eigenvalue weighted by molar-refractivity contribution is 7.99. The number of pyridine rings is 1. The lowest BCUT2D eigenvalue weighted by molar-refractivity contribution is -0.119. The molecule has 0 bridgehead atoms. The fourth-order valence-corrected chi connectivity index (χ4v) is 4.04. The molecule has 3 rings (SSSR count). The maximum Gasteiger partial charge on any atom is 0.230 e. The van der Waals surface area contributed by atoms with Gasteiger partial charge >= 0.3 is 0 Å². The van der Waals surface area contributed by atoms with E-state index in [0.29, 0.717) is 11.3 Å². The number of carbonyl (C=O) groups excluding carboxylic acids is 1.